The van der Waals surface area contributed by atoms with Gasteiger partial charge in [0.15, 0.2) is 11.7 Å². The Morgan fingerprint density at radius 1 is 1.08 bits per heavy atom. The summed E-state index contributed by atoms with van der Waals surface area (Å²) in [5.41, 5.74) is 9.12. The highest BCUT2D eigenvalue weighted by Crippen LogP contribution is 2.40. The third-order valence-corrected chi connectivity index (χ3v) is 9.96. The van der Waals surface area contributed by atoms with Gasteiger partial charge in [-0.05, 0) is 66.5 Å². The Kier molecular flexibility index (Phi) is 6.58. The van der Waals surface area contributed by atoms with Crippen LogP contribution in [0.25, 0.3) is 0 Å². The number of nitrogens with one attached hydrogen (secondary N) is 2. The first-order chi connectivity index (χ1) is 18.7. The van der Waals surface area contributed by atoms with Crippen LogP contribution in [-0.4, -0.2) is 62.7 Å². The van der Waals surface area contributed by atoms with Crippen LogP contribution in [0.15, 0.2) is 41.3 Å². The van der Waals surface area contributed by atoms with Crippen molar-refractivity contribution in [3.63, 3.8) is 0 Å². The zero-order chi connectivity index (χ0) is 27.3. The number of amides is 1. The maximum Gasteiger partial charge on any atom is 0.245 e. The Morgan fingerprint density at radius 3 is 2.62 bits per heavy atom. The van der Waals surface area contributed by atoms with Gasteiger partial charge in [0.1, 0.15) is 11.8 Å². The summed E-state index contributed by atoms with van der Waals surface area (Å²) in [6, 6.07) is 8.99. The van der Waals surface area contributed by atoms with Gasteiger partial charge in [0, 0.05) is 32.4 Å². The van der Waals surface area contributed by atoms with Gasteiger partial charge >= 0.3 is 0 Å². The van der Waals surface area contributed by atoms with Crippen molar-refractivity contribution in [1.82, 2.24) is 9.62 Å². The number of hydrogen-bond acceptors (Lipinski definition) is 6. The number of guanidine groups is 1. The lowest BCUT2D eigenvalue weighted by Crippen LogP contribution is -2.52. The summed E-state index contributed by atoms with van der Waals surface area (Å²) < 4.78 is 34.9. The van der Waals surface area contributed by atoms with Gasteiger partial charge in [0.2, 0.25) is 15.9 Å². The number of benzene rings is 2. The third kappa shape index (κ3) is 4.78. The van der Waals surface area contributed by atoms with Crippen molar-refractivity contribution in [3.05, 3.63) is 53.1 Å². The predicted molar refractivity (Wildman–Crippen MR) is 145 cm³/mol. The van der Waals surface area contributed by atoms with Gasteiger partial charge < -0.3 is 15.4 Å². The first kappa shape index (κ1) is 25.8. The summed E-state index contributed by atoms with van der Waals surface area (Å²) in [5, 5.41) is 7.63. The van der Waals surface area contributed by atoms with E-state index in [1.165, 1.54) is 6.07 Å². The van der Waals surface area contributed by atoms with Crippen LogP contribution in [0.2, 0.25) is 0 Å². The van der Waals surface area contributed by atoms with Gasteiger partial charge in [-0.3, -0.25) is 19.9 Å². The number of carbonyl (C=O) groups excluding carboxylic acids is 2. The predicted octanol–water partition coefficient (Wildman–Crippen LogP) is 1.74. The molecule has 10 nitrogen and oxygen atoms in total. The van der Waals surface area contributed by atoms with E-state index in [1.807, 2.05) is 23.1 Å². The van der Waals surface area contributed by atoms with Crippen molar-refractivity contribution in [3.8, 4) is 5.75 Å². The van der Waals surface area contributed by atoms with E-state index < -0.39 is 22.1 Å². The molecule has 4 aliphatic rings. The molecule has 2 aromatic rings. The van der Waals surface area contributed by atoms with Crippen LogP contribution in [0.3, 0.4) is 0 Å². The summed E-state index contributed by atoms with van der Waals surface area (Å²) in [5.74, 6) is 0.519. The molecule has 4 aliphatic heterocycles. The van der Waals surface area contributed by atoms with E-state index in [-0.39, 0.29) is 28.5 Å². The molecule has 4 heterocycles. The molecule has 4 N–H and O–H groups in total. The number of rotatable bonds is 6. The Hall–Kier alpha value is -3.44. The molecule has 1 fully saturated rings. The minimum Gasteiger partial charge on any atom is -0.493 e. The monoisotopic (exact) mass is 551 g/mol. The van der Waals surface area contributed by atoms with E-state index >= 15 is 0 Å². The topological polar surface area (TPSA) is 146 Å². The highest BCUT2D eigenvalue weighted by Gasteiger charge is 2.44. The average Bonchev–Trinajstić information content (AvgIpc) is 3.52. The molecule has 1 amide bonds. The standard InChI is InChI=1S/C28H33N5O5S/c29-28(30)32-11-8-17(9-12-32)14-24(34)23-16-20-3-1-2-18-4-6-22(27(35)33(23)26(18)20)31-39(36,37)21-5-7-25-19(15-21)10-13-38-25/h1-3,5,7,15,17,22-23,31H,4,6,8-14,16H2,(H3,29,30)/t22-,23-/m0/s1. The Labute approximate surface area is 228 Å². The van der Waals surface area contributed by atoms with Gasteiger partial charge in [-0.25, -0.2) is 8.42 Å². The second-order valence-corrected chi connectivity index (χ2v) is 12.6. The number of anilines is 1. The molecule has 0 aromatic heterocycles. The SMILES string of the molecule is N=C(N)N1CCC(CC(=O)[C@@H]2Cc3cccc4c3N2C(=O)[C@@H](NS(=O)(=O)c2ccc3c(c2)CCO3)CC4)CC1. The number of piperidine rings is 1. The Balaban J connectivity index is 1.23. The van der Waals surface area contributed by atoms with Crippen LogP contribution >= 0.6 is 0 Å². The van der Waals surface area contributed by atoms with E-state index in [0.717, 1.165) is 35.2 Å². The number of hydrogen-bond donors (Lipinski definition) is 3. The molecule has 11 heteroatoms. The van der Waals surface area contributed by atoms with Gasteiger partial charge in [0.25, 0.3) is 0 Å². The number of likely N-dealkylation sites (tertiary alicyclic amines) is 1. The van der Waals surface area contributed by atoms with Crippen LogP contribution in [0.4, 0.5) is 5.69 Å². The number of fused-ring (bicyclic) bond motifs is 1. The smallest absolute Gasteiger partial charge is 0.245 e. The van der Waals surface area contributed by atoms with Crippen LogP contribution in [0, 0.1) is 11.3 Å². The number of aryl methyl sites for hydroxylation is 1. The highest BCUT2D eigenvalue weighted by atomic mass is 32.2. The molecule has 0 spiro atoms. The minimum absolute atomic E-state index is 0.00564. The Morgan fingerprint density at radius 2 is 1.85 bits per heavy atom. The lowest BCUT2D eigenvalue weighted by molar-refractivity contribution is -0.126. The van der Waals surface area contributed by atoms with E-state index in [1.54, 1.807) is 17.0 Å². The van der Waals surface area contributed by atoms with Crippen molar-refractivity contribution in [2.24, 2.45) is 11.7 Å². The zero-order valence-corrected chi connectivity index (χ0v) is 22.5. The highest BCUT2D eigenvalue weighted by molar-refractivity contribution is 7.89. The average molecular weight is 552 g/mol. The van der Waals surface area contributed by atoms with E-state index in [0.29, 0.717) is 57.6 Å². The van der Waals surface area contributed by atoms with Crippen molar-refractivity contribution in [2.45, 2.75) is 61.9 Å². The summed E-state index contributed by atoms with van der Waals surface area (Å²) >= 11 is 0. The summed E-state index contributed by atoms with van der Waals surface area (Å²) in [6.45, 7) is 1.81. The molecule has 0 saturated carbocycles. The van der Waals surface area contributed by atoms with Gasteiger partial charge in [0.05, 0.1) is 23.2 Å². The fourth-order valence-electron chi connectivity index (χ4n) is 6.38. The van der Waals surface area contributed by atoms with Gasteiger partial charge in [-0.15, -0.1) is 0 Å². The van der Waals surface area contributed by atoms with Crippen molar-refractivity contribution in [2.75, 3.05) is 24.6 Å². The molecule has 6 rings (SSSR count). The second-order valence-electron chi connectivity index (χ2n) is 10.9. The molecule has 0 unspecified atom stereocenters. The lowest BCUT2D eigenvalue weighted by atomic mass is 9.89. The van der Waals surface area contributed by atoms with Crippen LogP contribution < -0.4 is 20.1 Å². The number of nitrogens with zero attached hydrogens (tertiary/aromatic N) is 2. The minimum atomic E-state index is -3.98. The lowest BCUT2D eigenvalue weighted by Gasteiger charge is -2.33. The van der Waals surface area contributed by atoms with Crippen molar-refractivity contribution < 1.29 is 22.7 Å². The molecule has 39 heavy (non-hydrogen) atoms. The number of sulfonamides is 1. The molecule has 0 aliphatic carbocycles. The first-order valence-corrected chi connectivity index (χ1v) is 15.0. The van der Waals surface area contributed by atoms with Crippen LogP contribution in [0.1, 0.15) is 42.4 Å². The normalized spacial score (nSPS) is 22.7. The summed E-state index contributed by atoms with van der Waals surface area (Å²) in [6.07, 6.45) is 3.79. The first-order valence-electron chi connectivity index (χ1n) is 13.5. The molecule has 2 atom stereocenters. The van der Waals surface area contributed by atoms with Crippen LogP contribution in [0.5, 0.6) is 5.75 Å². The number of ketones is 1. The van der Waals surface area contributed by atoms with Crippen molar-refractivity contribution in [1.29, 1.82) is 5.41 Å². The van der Waals surface area contributed by atoms with Gasteiger partial charge in [-0.1, -0.05) is 18.2 Å². The van der Waals surface area contributed by atoms with Crippen molar-refractivity contribution >= 4 is 33.4 Å². The number of Topliss-reactive ketones (excluding diaryl/α,β-unsaturated/α-hetero) is 1. The maximum absolute atomic E-state index is 14.0. The fourth-order valence-corrected chi connectivity index (χ4v) is 7.66. The largest absolute Gasteiger partial charge is 0.493 e. The molecule has 1 saturated heterocycles. The van der Waals surface area contributed by atoms with E-state index in [4.69, 9.17) is 15.9 Å². The maximum atomic E-state index is 14.0. The van der Waals surface area contributed by atoms with E-state index in [9.17, 15) is 18.0 Å². The zero-order valence-electron chi connectivity index (χ0n) is 21.7. The number of carbonyl (C=O) groups is 2. The fraction of sp³-hybridized carbons (Fsp3) is 0.464. The summed E-state index contributed by atoms with van der Waals surface area (Å²) in [4.78, 5) is 31.1. The Bertz CT molecular complexity index is 1450. The second kappa shape index (κ2) is 9.95. The number of para-hydroxylation sites is 1. The number of nitrogens with two attached hydrogens (primary N) is 1. The molecule has 0 radical (unpaired) electrons. The van der Waals surface area contributed by atoms with Crippen LogP contribution in [-0.2, 0) is 38.9 Å². The van der Waals surface area contributed by atoms with Gasteiger partial charge in [-0.2, -0.15) is 4.72 Å². The molecule has 0 bridgehead atoms. The molecule has 2 aromatic carbocycles. The molecular formula is C28H33N5O5S. The third-order valence-electron chi connectivity index (χ3n) is 8.49. The number of ether oxygens (including phenoxy) is 1. The molecular weight excluding hydrogens is 518 g/mol. The summed E-state index contributed by atoms with van der Waals surface area (Å²) in [7, 11) is -3.98. The molecule has 206 valence electrons. The quantitative estimate of drug-likeness (QED) is 0.366. The van der Waals surface area contributed by atoms with E-state index in [2.05, 4.69) is 4.72 Å².